The Balaban J connectivity index is 1.52. The molecule has 0 spiro atoms. The third-order valence-corrected chi connectivity index (χ3v) is 3.87. The van der Waals surface area contributed by atoms with Gasteiger partial charge in [-0.15, -0.1) is 0 Å². The van der Waals surface area contributed by atoms with Crippen molar-refractivity contribution in [2.45, 2.75) is 6.42 Å². The van der Waals surface area contributed by atoms with E-state index in [0.717, 1.165) is 24.2 Å². The lowest BCUT2D eigenvalue weighted by Gasteiger charge is -2.10. The highest BCUT2D eigenvalue weighted by atomic mass is 32.1. The number of nitrogens with one attached hydrogen (secondary N) is 3. The summed E-state index contributed by atoms with van der Waals surface area (Å²) in [7, 11) is 0. The summed E-state index contributed by atoms with van der Waals surface area (Å²) in [5.41, 5.74) is 3.93. The van der Waals surface area contributed by atoms with E-state index in [1.54, 1.807) is 12.1 Å². The van der Waals surface area contributed by atoms with E-state index in [1.165, 1.54) is 10.9 Å². The van der Waals surface area contributed by atoms with Gasteiger partial charge in [0.1, 0.15) is 0 Å². The molecule has 4 nitrogen and oxygen atoms in total. The zero-order valence-corrected chi connectivity index (χ0v) is 13.3. The highest BCUT2D eigenvalue weighted by Gasteiger charge is 2.03. The van der Waals surface area contributed by atoms with Crippen LogP contribution < -0.4 is 10.6 Å². The zero-order valence-electron chi connectivity index (χ0n) is 12.5. The van der Waals surface area contributed by atoms with E-state index in [1.807, 2.05) is 30.5 Å². The van der Waals surface area contributed by atoms with Gasteiger partial charge in [0, 0.05) is 29.3 Å². The molecule has 0 atom stereocenters. The van der Waals surface area contributed by atoms with Gasteiger partial charge in [-0.05, 0) is 54.5 Å². The van der Waals surface area contributed by atoms with Gasteiger partial charge in [0.15, 0.2) is 5.11 Å². The second kappa shape index (κ2) is 6.95. The number of nitrogens with zero attached hydrogens (tertiary/aromatic N) is 1. The van der Waals surface area contributed by atoms with Gasteiger partial charge in [0.2, 0.25) is 0 Å². The van der Waals surface area contributed by atoms with Gasteiger partial charge in [0.25, 0.3) is 0 Å². The van der Waals surface area contributed by atoms with Crippen molar-refractivity contribution in [2.24, 2.45) is 0 Å². The maximum absolute atomic E-state index is 8.78. The maximum atomic E-state index is 8.78. The number of anilines is 1. The average molecular weight is 320 g/mol. The number of fused-ring (bicyclic) bond motifs is 1. The average Bonchev–Trinajstić information content (AvgIpc) is 2.99. The summed E-state index contributed by atoms with van der Waals surface area (Å²) in [6, 6.07) is 17.6. The molecular formula is C18H16N4S. The lowest BCUT2D eigenvalue weighted by Crippen LogP contribution is -2.30. The smallest absolute Gasteiger partial charge is 0.170 e. The minimum atomic E-state index is 0.578. The molecule has 5 heteroatoms. The highest BCUT2D eigenvalue weighted by Crippen LogP contribution is 2.17. The van der Waals surface area contributed by atoms with Gasteiger partial charge in [-0.3, -0.25) is 0 Å². The van der Waals surface area contributed by atoms with Crippen LogP contribution in [0.4, 0.5) is 5.69 Å². The van der Waals surface area contributed by atoms with Gasteiger partial charge in [-0.2, -0.15) is 5.26 Å². The first-order chi connectivity index (χ1) is 11.3. The van der Waals surface area contributed by atoms with Crippen molar-refractivity contribution >= 4 is 33.9 Å². The lowest BCUT2D eigenvalue weighted by molar-refractivity contribution is 0.878. The van der Waals surface area contributed by atoms with Crippen LogP contribution in [0, 0.1) is 11.3 Å². The van der Waals surface area contributed by atoms with Gasteiger partial charge >= 0.3 is 0 Å². The molecule has 114 valence electrons. The molecule has 0 amide bonds. The van der Waals surface area contributed by atoms with E-state index in [9.17, 15) is 0 Å². The number of hydrogen-bond donors (Lipinski definition) is 3. The Morgan fingerprint density at radius 1 is 1.13 bits per heavy atom. The summed E-state index contributed by atoms with van der Waals surface area (Å²) >= 11 is 5.29. The topological polar surface area (TPSA) is 63.6 Å². The maximum Gasteiger partial charge on any atom is 0.170 e. The van der Waals surface area contributed by atoms with E-state index in [0.29, 0.717) is 10.7 Å². The number of aromatic amines is 1. The fourth-order valence-corrected chi connectivity index (χ4v) is 2.67. The number of rotatable bonds is 4. The Bertz CT molecular complexity index is 859. The van der Waals surface area contributed by atoms with Crippen LogP contribution in [0.25, 0.3) is 10.9 Å². The zero-order chi connectivity index (χ0) is 16.1. The summed E-state index contributed by atoms with van der Waals surface area (Å²) in [6.07, 6.45) is 2.93. The van der Waals surface area contributed by atoms with E-state index in [2.05, 4.69) is 33.8 Å². The second-order valence-electron chi connectivity index (χ2n) is 5.18. The Kier molecular flexibility index (Phi) is 4.55. The third-order valence-electron chi connectivity index (χ3n) is 3.63. The van der Waals surface area contributed by atoms with Crippen LogP contribution in [0.2, 0.25) is 0 Å². The number of para-hydroxylation sites is 1. The molecule has 0 aliphatic carbocycles. The molecule has 0 saturated carbocycles. The molecule has 0 radical (unpaired) electrons. The van der Waals surface area contributed by atoms with Gasteiger partial charge in [-0.25, -0.2) is 0 Å². The summed E-state index contributed by atoms with van der Waals surface area (Å²) in [5, 5.41) is 16.9. The molecule has 0 unspecified atom stereocenters. The Morgan fingerprint density at radius 3 is 2.70 bits per heavy atom. The molecule has 23 heavy (non-hydrogen) atoms. The molecule has 2 aromatic carbocycles. The quantitative estimate of drug-likeness (QED) is 0.643. The number of benzene rings is 2. The predicted molar refractivity (Wildman–Crippen MR) is 97.4 cm³/mol. The largest absolute Gasteiger partial charge is 0.362 e. The molecule has 1 heterocycles. The van der Waals surface area contributed by atoms with Crippen molar-refractivity contribution in [1.29, 1.82) is 5.26 Å². The summed E-state index contributed by atoms with van der Waals surface area (Å²) < 4.78 is 0. The standard InChI is InChI=1S/C18H16N4S/c19-11-13-5-7-15(8-6-13)22-18(23)20-10-9-14-12-21-17-4-2-1-3-16(14)17/h1-8,12,21H,9-10H2,(H2,20,22,23). The Hall–Kier alpha value is -2.84. The predicted octanol–water partition coefficient (Wildman–Crippen LogP) is 3.57. The molecule has 0 fully saturated rings. The molecule has 3 aromatic rings. The fourth-order valence-electron chi connectivity index (χ4n) is 2.45. The Morgan fingerprint density at radius 2 is 1.91 bits per heavy atom. The van der Waals surface area contributed by atoms with E-state index in [-0.39, 0.29) is 0 Å². The first kappa shape index (κ1) is 15.1. The van der Waals surface area contributed by atoms with Gasteiger partial charge in [0.05, 0.1) is 11.6 Å². The fraction of sp³-hybridized carbons (Fsp3) is 0.111. The van der Waals surface area contributed by atoms with Crippen molar-refractivity contribution in [3.05, 3.63) is 65.9 Å². The SMILES string of the molecule is N#Cc1ccc(NC(=S)NCCc2c[nH]c3ccccc23)cc1. The van der Waals surface area contributed by atoms with Crippen LogP contribution in [0.15, 0.2) is 54.7 Å². The van der Waals surface area contributed by atoms with Crippen molar-refractivity contribution in [3.8, 4) is 6.07 Å². The summed E-state index contributed by atoms with van der Waals surface area (Å²) in [6.45, 7) is 0.754. The minimum Gasteiger partial charge on any atom is -0.362 e. The van der Waals surface area contributed by atoms with E-state index >= 15 is 0 Å². The van der Waals surface area contributed by atoms with Crippen LogP contribution in [0.1, 0.15) is 11.1 Å². The first-order valence-corrected chi connectivity index (χ1v) is 7.77. The second-order valence-corrected chi connectivity index (χ2v) is 5.59. The number of thiocarbonyl (C=S) groups is 1. The van der Waals surface area contributed by atoms with Crippen molar-refractivity contribution in [2.75, 3.05) is 11.9 Å². The molecular weight excluding hydrogens is 304 g/mol. The summed E-state index contributed by atoms with van der Waals surface area (Å²) in [4.78, 5) is 3.27. The minimum absolute atomic E-state index is 0.578. The first-order valence-electron chi connectivity index (χ1n) is 7.36. The molecule has 0 bridgehead atoms. The summed E-state index contributed by atoms with van der Waals surface area (Å²) in [5.74, 6) is 0. The monoisotopic (exact) mass is 320 g/mol. The van der Waals surface area contributed by atoms with Crippen LogP contribution in [-0.4, -0.2) is 16.6 Å². The van der Waals surface area contributed by atoms with E-state index in [4.69, 9.17) is 17.5 Å². The van der Waals surface area contributed by atoms with Crippen LogP contribution >= 0.6 is 12.2 Å². The van der Waals surface area contributed by atoms with Gasteiger partial charge in [-0.1, -0.05) is 18.2 Å². The molecule has 0 aliphatic heterocycles. The van der Waals surface area contributed by atoms with Gasteiger partial charge < -0.3 is 15.6 Å². The molecule has 0 aliphatic rings. The van der Waals surface area contributed by atoms with Crippen LogP contribution in [-0.2, 0) is 6.42 Å². The lowest BCUT2D eigenvalue weighted by atomic mass is 10.1. The number of hydrogen-bond acceptors (Lipinski definition) is 2. The van der Waals surface area contributed by atoms with E-state index < -0.39 is 0 Å². The number of aromatic nitrogens is 1. The van der Waals surface area contributed by atoms with Crippen molar-refractivity contribution < 1.29 is 0 Å². The Labute approximate surface area is 140 Å². The van der Waals surface area contributed by atoms with Crippen LogP contribution in [0.3, 0.4) is 0 Å². The normalized spacial score (nSPS) is 10.2. The molecule has 1 aromatic heterocycles. The van der Waals surface area contributed by atoms with Crippen LogP contribution in [0.5, 0.6) is 0 Å². The van der Waals surface area contributed by atoms with Crippen molar-refractivity contribution in [1.82, 2.24) is 10.3 Å². The third kappa shape index (κ3) is 3.68. The number of nitriles is 1. The molecule has 3 N–H and O–H groups in total. The molecule has 3 rings (SSSR count). The van der Waals surface area contributed by atoms with Crippen molar-refractivity contribution in [3.63, 3.8) is 0 Å². The highest BCUT2D eigenvalue weighted by molar-refractivity contribution is 7.80. The molecule has 0 saturated heterocycles. The number of H-pyrrole nitrogens is 1.